The number of esters is 1. The third-order valence-electron chi connectivity index (χ3n) is 3.46. The van der Waals surface area contributed by atoms with E-state index < -0.39 is 0 Å². The number of nitrogens with zero attached hydrogens (tertiary/aromatic N) is 3. The Kier molecular flexibility index (Phi) is 7.77. The average molecular weight is 428 g/mol. The van der Waals surface area contributed by atoms with Gasteiger partial charge in [-0.25, -0.2) is 0 Å². The monoisotopic (exact) mass is 427 g/mol. The van der Waals surface area contributed by atoms with E-state index in [0.717, 1.165) is 16.0 Å². The molecule has 0 radical (unpaired) electrons. The standard InChI is InChI=1S/C17H22BrN3O3S/c1-4-14(16(22)23-6-3)25-17-20-19-15(21(17)5-2)11-24-13-9-7-12(18)8-10-13/h7-10,14H,4-6,11H2,1-3H3/t14-/m0/s1. The SMILES string of the molecule is CCOC(=O)[C@H](CC)Sc1nnc(COc2ccc(Br)cc2)n1CC. The van der Waals surface area contributed by atoms with Crippen LogP contribution in [0, 0.1) is 0 Å². The second-order valence-corrected chi connectivity index (χ2v) is 7.24. The van der Waals surface area contributed by atoms with Gasteiger partial charge in [0.1, 0.15) is 17.6 Å². The molecule has 1 aromatic carbocycles. The minimum absolute atomic E-state index is 0.215. The second-order valence-electron chi connectivity index (χ2n) is 5.15. The van der Waals surface area contributed by atoms with Crippen molar-refractivity contribution in [3.8, 4) is 5.75 Å². The molecule has 1 aromatic heterocycles. The molecule has 0 fully saturated rings. The van der Waals surface area contributed by atoms with Gasteiger partial charge in [-0.15, -0.1) is 10.2 Å². The Morgan fingerprint density at radius 1 is 1.24 bits per heavy atom. The Hall–Kier alpha value is -1.54. The largest absolute Gasteiger partial charge is 0.486 e. The van der Waals surface area contributed by atoms with Gasteiger partial charge in [0.15, 0.2) is 11.0 Å². The zero-order valence-electron chi connectivity index (χ0n) is 14.6. The van der Waals surface area contributed by atoms with Gasteiger partial charge in [0.05, 0.1) is 6.61 Å². The van der Waals surface area contributed by atoms with Crippen LogP contribution in [-0.2, 0) is 22.7 Å². The molecule has 0 spiro atoms. The maximum Gasteiger partial charge on any atom is 0.319 e. The summed E-state index contributed by atoms with van der Waals surface area (Å²) in [5, 5.41) is 8.87. The summed E-state index contributed by atoms with van der Waals surface area (Å²) in [5.41, 5.74) is 0. The van der Waals surface area contributed by atoms with Crippen LogP contribution in [0.25, 0.3) is 0 Å². The van der Waals surface area contributed by atoms with Crippen molar-refractivity contribution in [1.29, 1.82) is 0 Å². The van der Waals surface area contributed by atoms with Crippen LogP contribution in [0.5, 0.6) is 5.75 Å². The Morgan fingerprint density at radius 2 is 1.96 bits per heavy atom. The molecule has 0 aliphatic heterocycles. The lowest BCUT2D eigenvalue weighted by Crippen LogP contribution is -2.20. The van der Waals surface area contributed by atoms with E-state index in [0.29, 0.717) is 31.3 Å². The number of aromatic nitrogens is 3. The summed E-state index contributed by atoms with van der Waals surface area (Å²) in [7, 11) is 0. The van der Waals surface area contributed by atoms with Crippen molar-refractivity contribution in [3.63, 3.8) is 0 Å². The smallest absolute Gasteiger partial charge is 0.319 e. The predicted octanol–water partition coefficient (Wildman–Crippen LogP) is 4.07. The number of thioether (sulfide) groups is 1. The summed E-state index contributed by atoms with van der Waals surface area (Å²) in [6.07, 6.45) is 0.671. The molecular weight excluding hydrogens is 406 g/mol. The van der Waals surface area contributed by atoms with E-state index in [1.54, 1.807) is 6.92 Å². The van der Waals surface area contributed by atoms with Crippen molar-refractivity contribution < 1.29 is 14.3 Å². The van der Waals surface area contributed by atoms with Crippen LogP contribution in [0.4, 0.5) is 0 Å². The number of halogens is 1. The van der Waals surface area contributed by atoms with Crippen LogP contribution < -0.4 is 4.74 Å². The highest BCUT2D eigenvalue weighted by Crippen LogP contribution is 2.26. The van der Waals surface area contributed by atoms with Gasteiger partial charge in [0, 0.05) is 11.0 Å². The van der Waals surface area contributed by atoms with Gasteiger partial charge in [0.2, 0.25) is 0 Å². The molecule has 0 amide bonds. The number of hydrogen-bond acceptors (Lipinski definition) is 6. The first-order valence-electron chi connectivity index (χ1n) is 8.22. The van der Waals surface area contributed by atoms with Gasteiger partial charge in [-0.1, -0.05) is 34.6 Å². The number of carbonyl (C=O) groups is 1. The van der Waals surface area contributed by atoms with Crippen LogP contribution >= 0.6 is 27.7 Å². The quantitative estimate of drug-likeness (QED) is 0.443. The molecule has 0 aliphatic carbocycles. The number of rotatable bonds is 9. The van der Waals surface area contributed by atoms with E-state index in [1.807, 2.05) is 42.7 Å². The molecule has 2 aromatic rings. The number of benzene rings is 1. The van der Waals surface area contributed by atoms with Crippen molar-refractivity contribution in [2.24, 2.45) is 0 Å². The number of carbonyl (C=O) groups excluding carboxylic acids is 1. The predicted molar refractivity (Wildman–Crippen MR) is 101 cm³/mol. The second kappa shape index (κ2) is 9.82. The molecule has 1 heterocycles. The Morgan fingerprint density at radius 3 is 2.56 bits per heavy atom. The third kappa shape index (κ3) is 5.47. The first-order valence-corrected chi connectivity index (χ1v) is 9.90. The maximum absolute atomic E-state index is 12.0. The third-order valence-corrected chi connectivity index (χ3v) is 5.31. The zero-order chi connectivity index (χ0) is 18.2. The van der Waals surface area contributed by atoms with E-state index in [4.69, 9.17) is 9.47 Å². The molecule has 25 heavy (non-hydrogen) atoms. The fourth-order valence-electron chi connectivity index (χ4n) is 2.17. The van der Waals surface area contributed by atoms with E-state index in [1.165, 1.54) is 11.8 Å². The lowest BCUT2D eigenvalue weighted by molar-refractivity contribution is -0.142. The highest BCUT2D eigenvalue weighted by molar-refractivity contribution is 9.10. The van der Waals surface area contributed by atoms with Crippen LogP contribution in [0.3, 0.4) is 0 Å². The summed E-state index contributed by atoms with van der Waals surface area (Å²) in [6.45, 7) is 7.18. The summed E-state index contributed by atoms with van der Waals surface area (Å²) < 4.78 is 13.9. The lowest BCUT2D eigenvalue weighted by atomic mass is 10.3. The molecule has 0 aliphatic rings. The fourth-order valence-corrected chi connectivity index (χ4v) is 3.47. The van der Waals surface area contributed by atoms with Gasteiger partial charge >= 0.3 is 5.97 Å². The molecule has 136 valence electrons. The zero-order valence-corrected chi connectivity index (χ0v) is 17.0. The summed E-state index contributed by atoms with van der Waals surface area (Å²) in [5.74, 6) is 1.28. The van der Waals surface area contributed by atoms with Gasteiger partial charge in [-0.2, -0.15) is 0 Å². The molecule has 2 rings (SSSR count). The summed E-state index contributed by atoms with van der Waals surface area (Å²) in [6, 6.07) is 7.62. The minimum atomic E-state index is -0.283. The highest BCUT2D eigenvalue weighted by Gasteiger charge is 2.23. The fraction of sp³-hybridized carbons (Fsp3) is 0.471. The van der Waals surface area contributed by atoms with Crippen molar-refractivity contribution >= 4 is 33.7 Å². The van der Waals surface area contributed by atoms with Crippen LogP contribution in [0.2, 0.25) is 0 Å². The number of hydrogen-bond donors (Lipinski definition) is 0. The molecule has 0 unspecified atom stereocenters. The topological polar surface area (TPSA) is 66.2 Å². The molecule has 0 saturated heterocycles. The Bertz CT molecular complexity index is 691. The van der Waals surface area contributed by atoms with Gasteiger partial charge in [0.25, 0.3) is 0 Å². The molecular formula is C17H22BrN3O3S. The van der Waals surface area contributed by atoms with Crippen molar-refractivity contribution in [2.75, 3.05) is 6.61 Å². The molecule has 6 nitrogen and oxygen atoms in total. The molecule has 0 N–H and O–H groups in total. The van der Waals surface area contributed by atoms with Crippen molar-refractivity contribution in [3.05, 3.63) is 34.6 Å². The minimum Gasteiger partial charge on any atom is -0.486 e. The average Bonchev–Trinajstić information content (AvgIpc) is 3.00. The van der Waals surface area contributed by atoms with E-state index in [-0.39, 0.29) is 11.2 Å². The lowest BCUT2D eigenvalue weighted by Gasteiger charge is -2.13. The summed E-state index contributed by atoms with van der Waals surface area (Å²) in [4.78, 5) is 12.0. The van der Waals surface area contributed by atoms with E-state index >= 15 is 0 Å². The Labute approximate surface area is 160 Å². The Balaban J connectivity index is 2.06. The maximum atomic E-state index is 12.0. The van der Waals surface area contributed by atoms with Crippen molar-refractivity contribution in [1.82, 2.24) is 14.8 Å². The van der Waals surface area contributed by atoms with Crippen LogP contribution in [0.15, 0.2) is 33.9 Å². The van der Waals surface area contributed by atoms with Gasteiger partial charge in [-0.3, -0.25) is 4.79 Å². The van der Waals surface area contributed by atoms with Crippen molar-refractivity contribution in [2.45, 2.75) is 50.8 Å². The number of ether oxygens (including phenoxy) is 2. The molecule has 0 bridgehead atoms. The first kappa shape index (κ1) is 19.8. The van der Waals surface area contributed by atoms with E-state index in [2.05, 4.69) is 26.1 Å². The highest BCUT2D eigenvalue weighted by atomic mass is 79.9. The molecule has 0 saturated carbocycles. The van der Waals surface area contributed by atoms with E-state index in [9.17, 15) is 4.79 Å². The normalized spacial score (nSPS) is 12.0. The summed E-state index contributed by atoms with van der Waals surface area (Å²) >= 11 is 4.78. The first-order chi connectivity index (χ1) is 12.1. The van der Waals surface area contributed by atoms with Crippen LogP contribution in [0.1, 0.15) is 33.0 Å². The van der Waals surface area contributed by atoms with Gasteiger partial charge < -0.3 is 14.0 Å². The molecule has 1 atom stereocenters. The van der Waals surface area contributed by atoms with Gasteiger partial charge in [-0.05, 0) is 44.5 Å². The molecule has 8 heteroatoms. The van der Waals surface area contributed by atoms with Crippen LogP contribution in [-0.4, -0.2) is 32.6 Å².